The van der Waals surface area contributed by atoms with Gasteiger partial charge >= 0.3 is 6.18 Å². The third-order valence-corrected chi connectivity index (χ3v) is 4.55. The van der Waals surface area contributed by atoms with Gasteiger partial charge in [0, 0.05) is 12.6 Å². The smallest absolute Gasteiger partial charge is 0.361 e. The minimum Gasteiger partial charge on any atom is -0.361 e. The van der Waals surface area contributed by atoms with Crippen LogP contribution in [0.2, 0.25) is 0 Å². The lowest BCUT2D eigenvalue weighted by molar-refractivity contribution is -0.234. The Balaban J connectivity index is 1.99. The number of fused-ring (bicyclic) bond motifs is 1. The van der Waals surface area contributed by atoms with E-state index in [0.29, 0.717) is 23.4 Å². The zero-order valence-electron chi connectivity index (χ0n) is 13.4. The number of aryl methyl sites for hydroxylation is 1. The van der Waals surface area contributed by atoms with Gasteiger partial charge in [-0.15, -0.1) is 0 Å². The lowest BCUT2D eigenvalue weighted by atomic mass is 9.81. The standard InChI is InChI=1S/C17H17F3N2O2/c1-11-9-13(21-24-11)10-15(23)22-8-7-12-5-3-4-6-14(12)16(22,2)17(18,19)20/h3-6,9H,7-8,10H2,1-2H3. The third-order valence-electron chi connectivity index (χ3n) is 4.55. The average molecular weight is 338 g/mol. The van der Waals surface area contributed by atoms with Crippen LogP contribution in [-0.4, -0.2) is 28.7 Å². The van der Waals surface area contributed by atoms with E-state index in [2.05, 4.69) is 5.16 Å². The summed E-state index contributed by atoms with van der Waals surface area (Å²) in [6, 6.07) is 7.97. The Morgan fingerprint density at radius 2 is 2.08 bits per heavy atom. The topological polar surface area (TPSA) is 46.3 Å². The molecular weight excluding hydrogens is 321 g/mol. The molecule has 7 heteroatoms. The Hall–Kier alpha value is -2.31. The second kappa shape index (κ2) is 5.65. The Morgan fingerprint density at radius 3 is 2.71 bits per heavy atom. The van der Waals surface area contributed by atoms with E-state index in [1.54, 1.807) is 31.2 Å². The molecule has 0 fully saturated rings. The lowest BCUT2D eigenvalue weighted by Crippen LogP contribution is -2.59. The molecule has 128 valence electrons. The van der Waals surface area contributed by atoms with Crippen molar-refractivity contribution in [3.8, 4) is 0 Å². The summed E-state index contributed by atoms with van der Waals surface area (Å²) in [5.74, 6) is -0.0991. The van der Waals surface area contributed by atoms with Crippen molar-refractivity contribution in [3.05, 3.63) is 52.9 Å². The van der Waals surface area contributed by atoms with E-state index in [1.165, 1.54) is 6.07 Å². The van der Waals surface area contributed by atoms with Crippen LogP contribution < -0.4 is 0 Å². The van der Waals surface area contributed by atoms with Crippen LogP contribution in [0.1, 0.15) is 29.5 Å². The molecular formula is C17H17F3N2O2. The van der Waals surface area contributed by atoms with Gasteiger partial charge in [0.05, 0.1) is 12.1 Å². The number of alkyl halides is 3. The van der Waals surface area contributed by atoms with Crippen LogP contribution in [0.25, 0.3) is 0 Å². The first-order chi connectivity index (χ1) is 11.2. The maximum Gasteiger partial charge on any atom is 0.415 e. The quantitative estimate of drug-likeness (QED) is 0.843. The number of halogens is 3. The molecule has 1 unspecified atom stereocenters. The van der Waals surface area contributed by atoms with Gasteiger partial charge in [-0.25, -0.2) is 0 Å². The second-order valence-electron chi connectivity index (χ2n) is 6.13. The molecule has 0 aliphatic carbocycles. The van der Waals surface area contributed by atoms with Crippen LogP contribution in [0, 0.1) is 6.92 Å². The first kappa shape index (κ1) is 16.5. The minimum atomic E-state index is -4.58. The summed E-state index contributed by atoms with van der Waals surface area (Å²) in [4.78, 5) is 13.5. The molecule has 0 radical (unpaired) electrons. The molecule has 1 aromatic carbocycles. The number of hydrogen-bond acceptors (Lipinski definition) is 3. The highest BCUT2D eigenvalue weighted by atomic mass is 19.4. The summed E-state index contributed by atoms with van der Waals surface area (Å²) in [5.41, 5.74) is -1.26. The van der Waals surface area contributed by atoms with Crippen molar-refractivity contribution in [3.63, 3.8) is 0 Å². The largest absolute Gasteiger partial charge is 0.415 e. The average Bonchev–Trinajstić information content (AvgIpc) is 2.91. The molecule has 0 saturated heterocycles. The molecule has 2 aromatic rings. The number of hydrogen-bond donors (Lipinski definition) is 0. The first-order valence-electron chi connectivity index (χ1n) is 7.61. The van der Waals surface area contributed by atoms with Gasteiger partial charge in [0.2, 0.25) is 5.91 Å². The molecule has 0 bridgehead atoms. The molecule has 0 spiro atoms. The first-order valence-corrected chi connectivity index (χ1v) is 7.61. The van der Waals surface area contributed by atoms with Crippen LogP contribution in [-0.2, 0) is 23.2 Å². The summed E-state index contributed by atoms with van der Waals surface area (Å²) in [6.45, 7) is 2.75. The summed E-state index contributed by atoms with van der Waals surface area (Å²) in [5, 5.41) is 3.70. The minimum absolute atomic E-state index is 0.0166. The van der Waals surface area contributed by atoms with E-state index in [1.807, 2.05) is 0 Å². The zero-order chi connectivity index (χ0) is 17.5. The molecule has 2 heterocycles. The van der Waals surface area contributed by atoms with Gasteiger partial charge in [0.25, 0.3) is 0 Å². The summed E-state index contributed by atoms with van der Waals surface area (Å²) < 4.78 is 46.7. The highest BCUT2D eigenvalue weighted by Gasteiger charge is 2.59. The Morgan fingerprint density at radius 1 is 1.38 bits per heavy atom. The number of aromatic nitrogens is 1. The van der Waals surface area contributed by atoms with Crippen molar-refractivity contribution < 1.29 is 22.5 Å². The molecule has 3 rings (SSSR count). The van der Waals surface area contributed by atoms with Crippen LogP contribution in [0.15, 0.2) is 34.9 Å². The Kier molecular flexibility index (Phi) is 3.89. The van der Waals surface area contributed by atoms with Crippen LogP contribution in [0.4, 0.5) is 13.2 Å². The van der Waals surface area contributed by atoms with Crippen molar-refractivity contribution in [2.24, 2.45) is 0 Å². The van der Waals surface area contributed by atoms with Crippen molar-refractivity contribution in [2.45, 2.75) is 38.4 Å². The summed E-state index contributed by atoms with van der Waals surface area (Å²) in [6.07, 6.45) is -4.41. The van der Waals surface area contributed by atoms with E-state index >= 15 is 0 Å². The maximum atomic E-state index is 13.9. The van der Waals surface area contributed by atoms with Crippen molar-refractivity contribution in [1.29, 1.82) is 0 Å². The number of amides is 1. The fraction of sp³-hybridized carbons (Fsp3) is 0.412. The normalized spacial score (nSPS) is 20.8. The predicted octanol–water partition coefficient (Wildman–Crippen LogP) is 3.39. The fourth-order valence-electron chi connectivity index (χ4n) is 3.25. The molecule has 1 amide bonds. The van der Waals surface area contributed by atoms with E-state index in [-0.39, 0.29) is 18.5 Å². The van der Waals surface area contributed by atoms with Gasteiger partial charge in [-0.05, 0) is 31.4 Å². The van der Waals surface area contributed by atoms with Gasteiger partial charge in [-0.3, -0.25) is 4.79 Å². The molecule has 1 aliphatic heterocycles. The van der Waals surface area contributed by atoms with E-state index in [9.17, 15) is 18.0 Å². The van der Waals surface area contributed by atoms with Crippen LogP contribution in [0.5, 0.6) is 0 Å². The fourth-order valence-corrected chi connectivity index (χ4v) is 3.25. The number of nitrogens with zero attached hydrogens (tertiary/aromatic N) is 2. The van der Waals surface area contributed by atoms with Gasteiger partial charge in [-0.1, -0.05) is 29.4 Å². The predicted molar refractivity (Wildman–Crippen MR) is 80.2 cm³/mol. The molecule has 1 aliphatic rings. The number of carbonyl (C=O) groups excluding carboxylic acids is 1. The Bertz CT molecular complexity index is 769. The SMILES string of the molecule is Cc1cc(CC(=O)N2CCc3ccccc3C2(C)C(F)(F)F)no1. The highest BCUT2D eigenvalue weighted by Crippen LogP contribution is 2.47. The summed E-state index contributed by atoms with van der Waals surface area (Å²) >= 11 is 0. The van der Waals surface area contributed by atoms with Crippen LogP contribution in [0.3, 0.4) is 0 Å². The van der Waals surface area contributed by atoms with Crippen molar-refractivity contribution in [1.82, 2.24) is 10.1 Å². The molecule has 1 atom stereocenters. The molecule has 24 heavy (non-hydrogen) atoms. The molecule has 1 aromatic heterocycles. The van der Waals surface area contributed by atoms with Gasteiger partial charge in [0.15, 0.2) is 5.54 Å². The van der Waals surface area contributed by atoms with E-state index < -0.39 is 17.6 Å². The van der Waals surface area contributed by atoms with Gasteiger partial charge in [0.1, 0.15) is 5.76 Å². The molecule has 0 N–H and O–H groups in total. The van der Waals surface area contributed by atoms with Crippen LogP contribution >= 0.6 is 0 Å². The second-order valence-corrected chi connectivity index (χ2v) is 6.13. The summed E-state index contributed by atoms with van der Waals surface area (Å²) in [7, 11) is 0. The monoisotopic (exact) mass is 338 g/mol. The maximum absolute atomic E-state index is 13.9. The van der Waals surface area contributed by atoms with Gasteiger partial charge < -0.3 is 9.42 Å². The number of benzene rings is 1. The molecule has 4 nitrogen and oxygen atoms in total. The van der Waals surface area contributed by atoms with E-state index in [0.717, 1.165) is 11.8 Å². The molecule has 0 saturated carbocycles. The van der Waals surface area contributed by atoms with Crippen molar-refractivity contribution >= 4 is 5.91 Å². The highest BCUT2D eigenvalue weighted by molar-refractivity contribution is 5.80. The zero-order valence-corrected chi connectivity index (χ0v) is 13.4. The number of carbonyl (C=O) groups is 1. The Labute approximate surface area is 137 Å². The van der Waals surface area contributed by atoms with Crippen molar-refractivity contribution in [2.75, 3.05) is 6.54 Å². The third kappa shape index (κ3) is 2.57. The lowest BCUT2D eigenvalue weighted by Gasteiger charge is -2.46. The van der Waals surface area contributed by atoms with E-state index in [4.69, 9.17) is 4.52 Å². The van der Waals surface area contributed by atoms with Gasteiger partial charge in [-0.2, -0.15) is 13.2 Å². The number of rotatable bonds is 2.